The van der Waals surface area contributed by atoms with Crippen molar-refractivity contribution in [2.24, 2.45) is 23.2 Å². The number of hydrogen-bond acceptors (Lipinski definition) is 8. The first-order chi connectivity index (χ1) is 18.7. The Morgan fingerprint density at radius 1 is 1.10 bits per heavy atom. The monoisotopic (exact) mass is 618 g/mol. The van der Waals surface area contributed by atoms with Crippen LogP contribution in [0, 0.1) is 23.2 Å². The zero-order valence-corrected chi connectivity index (χ0v) is 24.2. The molecule has 0 unspecified atom stereocenters. The molecule has 0 atom stereocenters. The quantitative estimate of drug-likeness (QED) is 0.261. The third-order valence-electron chi connectivity index (χ3n) is 8.75. The summed E-state index contributed by atoms with van der Waals surface area (Å²) in [7, 11) is 1.50. The SMILES string of the molecule is COc1cc(/C=C2\SC(=O)N(CC(=O)N3CCOCC3)C2=O)cc(Br)c1OC(=O)C12CC3CC(CC(C3)C1)C2. The first kappa shape index (κ1) is 26.8. The van der Waals surface area contributed by atoms with E-state index in [1.807, 2.05) is 0 Å². The lowest BCUT2D eigenvalue weighted by molar-refractivity contribution is -0.161. The largest absolute Gasteiger partial charge is 0.493 e. The van der Waals surface area contributed by atoms with Crippen molar-refractivity contribution in [2.45, 2.75) is 38.5 Å². The standard InChI is InChI=1S/C28H31BrN2O7S/c1-36-21-10-16(11-22-25(33)31(27(35)39-22)15-23(32)30-2-4-37-5-3-30)9-20(29)24(21)38-26(34)28-12-17-6-18(13-28)8-19(7-17)14-28/h9-11,17-19H,2-8,12-15H2,1H3/b22-11-. The van der Waals surface area contributed by atoms with Gasteiger partial charge in [-0.2, -0.15) is 0 Å². The van der Waals surface area contributed by atoms with Gasteiger partial charge in [-0.1, -0.05) is 0 Å². The highest BCUT2D eigenvalue weighted by Crippen LogP contribution is 2.60. The summed E-state index contributed by atoms with van der Waals surface area (Å²) in [5.41, 5.74) is 0.188. The Labute approximate surface area is 239 Å². The van der Waals surface area contributed by atoms with E-state index in [1.165, 1.54) is 26.4 Å². The molecule has 2 saturated heterocycles. The average molecular weight is 620 g/mol. The zero-order valence-electron chi connectivity index (χ0n) is 21.8. The summed E-state index contributed by atoms with van der Waals surface area (Å²) < 4.78 is 17.4. The molecule has 1 aromatic rings. The Kier molecular flexibility index (Phi) is 7.26. The van der Waals surface area contributed by atoms with Crippen molar-refractivity contribution in [1.82, 2.24) is 9.80 Å². The van der Waals surface area contributed by atoms with Crippen molar-refractivity contribution in [1.29, 1.82) is 0 Å². The van der Waals surface area contributed by atoms with Gasteiger partial charge in [0.2, 0.25) is 5.91 Å². The van der Waals surface area contributed by atoms with Crippen molar-refractivity contribution in [3.05, 3.63) is 27.1 Å². The molecule has 208 valence electrons. The van der Waals surface area contributed by atoms with Crippen LogP contribution >= 0.6 is 27.7 Å². The fourth-order valence-corrected chi connectivity index (χ4v) is 8.70. The van der Waals surface area contributed by atoms with Gasteiger partial charge in [0.05, 0.1) is 35.1 Å². The molecule has 0 aromatic heterocycles. The number of morpholine rings is 1. The van der Waals surface area contributed by atoms with Crippen molar-refractivity contribution in [3.63, 3.8) is 0 Å². The van der Waals surface area contributed by atoms with Gasteiger partial charge in [-0.15, -0.1) is 0 Å². The molecule has 3 amide bonds. The van der Waals surface area contributed by atoms with E-state index < -0.39 is 16.6 Å². The summed E-state index contributed by atoms with van der Waals surface area (Å²) in [4.78, 5) is 54.5. The molecule has 4 bridgehead atoms. The molecule has 0 spiro atoms. The van der Waals surface area contributed by atoms with Crippen LogP contribution in [0.1, 0.15) is 44.1 Å². The van der Waals surface area contributed by atoms with Crippen LogP contribution in [0.25, 0.3) is 6.08 Å². The predicted molar refractivity (Wildman–Crippen MR) is 147 cm³/mol. The minimum absolute atomic E-state index is 0.181. The molecular weight excluding hydrogens is 588 g/mol. The number of benzene rings is 1. The Bertz CT molecular complexity index is 1220. The molecule has 39 heavy (non-hydrogen) atoms. The van der Waals surface area contributed by atoms with E-state index in [0.717, 1.165) is 35.9 Å². The van der Waals surface area contributed by atoms with Crippen LogP contribution < -0.4 is 9.47 Å². The van der Waals surface area contributed by atoms with Crippen molar-refractivity contribution in [2.75, 3.05) is 40.0 Å². The zero-order chi connectivity index (χ0) is 27.3. The molecule has 0 radical (unpaired) electrons. The first-order valence-electron chi connectivity index (χ1n) is 13.5. The van der Waals surface area contributed by atoms with Crippen molar-refractivity contribution >= 4 is 56.8 Å². The van der Waals surface area contributed by atoms with Gasteiger partial charge in [-0.05, 0) is 108 Å². The number of halogens is 1. The van der Waals surface area contributed by atoms with E-state index in [0.29, 0.717) is 65.6 Å². The van der Waals surface area contributed by atoms with Gasteiger partial charge in [0.1, 0.15) is 6.54 Å². The lowest BCUT2D eigenvalue weighted by Gasteiger charge is -2.55. The molecule has 4 aliphatic carbocycles. The van der Waals surface area contributed by atoms with E-state index in [1.54, 1.807) is 23.1 Å². The van der Waals surface area contributed by atoms with E-state index >= 15 is 0 Å². The molecular formula is C28H31BrN2O7S. The number of imide groups is 1. The van der Waals surface area contributed by atoms with Crippen molar-refractivity contribution in [3.8, 4) is 11.5 Å². The first-order valence-corrected chi connectivity index (χ1v) is 15.1. The number of ether oxygens (including phenoxy) is 3. The molecule has 11 heteroatoms. The van der Waals surface area contributed by atoms with Crippen LogP contribution in [0.2, 0.25) is 0 Å². The van der Waals surface area contributed by atoms with Gasteiger partial charge < -0.3 is 19.1 Å². The molecule has 1 aromatic carbocycles. The summed E-state index contributed by atoms with van der Waals surface area (Å²) >= 11 is 4.32. The fraction of sp³-hybridized carbons (Fsp3) is 0.571. The van der Waals surface area contributed by atoms with Gasteiger partial charge in [-0.3, -0.25) is 24.1 Å². The minimum Gasteiger partial charge on any atom is -0.493 e. The highest BCUT2D eigenvalue weighted by molar-refractivity contribution is 9.10. The van der Waals surface area contributed by atoms with Gasteiger partial charge in [0, 0.05) is 13.1 Å². The number of nitrogens with zero attached hydrogens (tertiary/aromatic N) is 2. The summed E-state index contributed by atoms with van der Waals surface area (Å²) in [6, 6.07) is 3.41. The molecule has 9 nitrogen and oxygen atoms in total. The number of hydrogen-bond donors (Lipinski definition) is 0. The van der Waals surface area contributed by atoms with E-state index in [4.69, 9.17) is 14.2 Å². The normalized spacial score (nSPS) is 30.8. The molecule has 7 rings (SSSR count). The highest BCUT2D eigenvalue weighted by Gasteiger charge is 2.55. The van der Waals surface area contributed by atoms with Gasteiger partial charge >= 0.3 is 5.97 Å². The third kappa shape index (κ3) is 5.13. The summed E-state index contributed by atoms with van der Waals surface area (Å²) in [6.45, 7) is 1.47. The number of amides is 3. The Hall–Kier alpha value is -2.37. The highest BCUT2D eigenvalue weighted by atomic mass is 79.9. The van der Waals surface area contributed by atoms with Gasteiger partial charge in [-0.25, -0.2) is 0 Å². The topological polar surface area (TPSA) is 102 Å². The smallest absolute Gasteiger partial charge is 0.317 e. The predicted octanol–water partition coefficient (Wildman–Crippen LogP) is 4.47. The number of esters is 1. The second-order valence-electron chi connectivity index (χ2n) is 11.4. The van der Waals surface area contributed by atoms with Crippen molar-refractivity contribution < 1.29 is 33.4 Å². The number of carbonyl (C=O) groups is 4. The fourth-order valence-electron chi connectivity index (χ4n) is 7.32. The molecule has 4 saturated carbocycles. The lowest BCUT2D eigenvalue weighted by atomic mass is 9.49. The minimum atomic E-state index is -0.515. The van der Waals surface area contributed by atoms with Gasteiger partial charge in [0.15, 0.2) is 11.5 Å². The number of carbonyl (C=O) groups excluding carboxylic acids is 4. The molecule has 2 aliphatic heterocycles. The maximum atomic E-state index is 13.5. The van der Waals surface area contributed by atoms with E-state index in [2.05, 4.69) is 15.9 Å². The number of methoxy groups -OCH3 is 1. The van der Waals surface area contributed by atoms with E-state index in [-0.39, 0.29) is 23.3 Å². The van der Waals surface area contributed by atoms with Crippen LogP contribution in [0.3, 0.4) is 0 Å². The second-order valence-corrected chi connectivity index (χ2v) is 13.2. The van der Waals surface area contributed by atoms with Gasteiger partial charge in [0.25, 0.3) is 11.1 Å². The average Bonchev–Trinajstić information content (AvgIpc) is 3.16. The summed E-state index contributed by atoms with van der Waals surface area (Å²) in [5, 5.41) is -0.486. The maximum Gasteiger partial charge on any atom is 0.317 e. The Morgan fingerprint density at radius 3 is 2.36 bits per heavy atom. The van der Waals surface area contributed by atoms with Crippen LogP contribution in [0.5, 0.6) is 11.5 Å². The lowest BCUT2D eigenvalue weighted by Crippen LogP contribution is -2.51. The summed E-state index contributed by atoms with van der Waals surface area (Å²) in [6.07, 6.45) is 8.00. The van der Waals surface area contributed by atoms with E-state index in [9.17, 15) is 19.2 Å². The summed E-state index contributed by atoms with van der Waals surface area (Å²) in [5.74, 6) is 1.56. The second kappa shape index (κ2) is 10.6. The van der Waals surface area contributed by atoms with Crippen LogP contribution in [-0.2, 0) is 19.1 Å². The van der Waals surface area contributed by atoms with Crippen LogP contribution in [-0.4, -0.2) is 72.8 Å². The maximum absolute atomic E-state index is 13.5. The molecule has 6 fully saturated rings. The van der Waals surface area contributed by atoms with Crippen LogP contribution in [0.15, 0.2) is 21.5 Å². The Balaban J connectivity index is 1.18. The molecule has 0 N–H and O–H groups in total. The Morgan fingerprint density at radius 2 is 1.74 bits per heavy atom. The number of thioether (sulfide) groups is 1. The molecule has 2 heterocycles. The number of rotatable bonds is 6. The third-order valence-corrected chi connectivity index (χ3v) is 10.2. The van der Waals surface area contributed by atoms with Crippen LogP contribution in [0.4, 0.5) is 4.79 Å². The molecule has 6 aliphatic rings.